The van der Waals surface area contributed by atoms with Crippen molar-refractivity contribution >= 4 is 39.3 Å². The van der Waals surface area contributed by atoms with E-state index in [1.54, 1.807) is 25.1 Å². The highest BCUT2D eigenvalue weighted by Gasteiger charge is 2.15. The quantitative estimate of drug-likeness (QED) is 0.702. The van der Waals surface area contributed by atoms with Crippen molar-refractivity contribution in [1.29, 1.82) is 0 Å². The monoisotopic (exact) mass is 390 g/mol. The van der Waals surface area contributed by atoms with E-state index in [9.17, 15) is 9.59 Å². The summed E-state index contributed by atoms with van der Waals surface area (Å²) in [5.74, 6) is 0.185. The zero-order valence-electron chi connectivity index (χ0n) is 12.8. The highest BCUT2D eigenvalue weighted by molar-refractivity contribution is 9.10. The summed E-state index contributed by atoms with van der Waals surface area (Å²) < 4.78 is 6.26. The van der Waals surface area contributed by atoms with Gasteiger partial charge in [0.25, 0.3) is 5.91 Å². The first-order valence-electron chi connectivity index (χ1n) is 6.98. The molecule has 0 bridgehead atoms. The highest BCUT2D eigenvalue weighted by Crippen LogP contribution is 2.28. The van der Waals surface area contributed by atoms with Gasteiger partial charge in [0.05, 0.1) is 4.47 Å². The number of halogens is 2. The summed E-state index contributed by atoms with van der Waals surface area (Å²) in [5.41, 5.74) is 0. The van der Waals surface area contributed by atoms with E-state index in [-0.39, 0.29) is 17.7 Å². The number of hydrogen-bond donors (Lipinski definition) is 2. The van der Waals surface area contributed by atoms with Crippen molar-refractivity contribution in [3.05, 3.63) is 27.7 Å². The Bertz CT molecular complexity index is 538. The van der Waals surface area contributed by atoms with Gasteiger partial charge in [-0.2, -0.15) is 0 Å². The number of carbonyl (C=O) groups excluding carboxylic acids is 2. The minimum absolute atomic E-state index is 0.0383. The van der Waals surface area contributed by atoms with Crippen molar-refractivity contribution in [1.82, 2.24) is 10.6 Å². The fraction of sp³-hybridized carbons (Fsp3) is 0.467. The third-order valence-electron chi connectivity index (χ3n) is 2.81. The lowest BCUT2D eigenvalue weighted by Gasteiger charge is -2.16. The first kappa shape index (κ1) is 18.8. The fourth-order valence-corrected chi connectivity index (χ4v) is 2.31. The second-order valence-corrected chi connectivity index (χ2v) is 6.36. The van der Waals surface area contributed by atoms with Crippen LogP contribution >= 0.6 is 27.5 Å². The van der Waals surface area contributed by atoms with Crippen LogP contribution in [0.1, 0.15) is 20.8 Å². The summed E-state index contributed by atoms with van der Waals surface area (Å²) in [7, 11) is 0. The van der Waals surface area contributed by atoms with Gasteiger partial charge in [-0.1, -0.05) is 25.4 Å². The van der Waals surface area contributed by atoms with Crippen LogP contribution in [0.3, 0.4) is 0 Å². The summed E-state index contributed by atoms with van der Waals surface area (Å²) in [6, 6.07) is 5.08. The van der Waals surface area contributed by atoms with Gasteiger partial charge in [-0.05, 0) is 41.1 Å². The maximum Gasteiger partial charge on any atom is 0.260 e. The van der Waals surface area contributed by atoms with Gasteiger partial charge in [-0.15, -0.1) is 0 Å². The first-order valence-corrected chi connectivity index (χ1v) is 8.15. The number of ether oxygens (including phenoxy) is 1. The molecule has 5 nitrogen and oxygen atoms in total. The standard InChI is InChI=1S/C15H20BrClN2O3/c1-9(2)14(20)18-6-7-19-15(21)10(3)22-13-5-4-11(17)8-12(13)16/h4-5,8-10H,6-7H2,1-3H3,(H,18,20)(H,19,21). The second kappa shape index (κ2) is 9.00. The third-order valence-corrected chi connectivity index (χ3v) is 3.67. The van der Waals surface area contributed by atoms with Crippen LogP contribution in [0.2, 0.25) is 5.02 Å². The van der Waals surface area contributed by atoms with Crippen molar-refractivity contribution in [3.63, 3.8) is 0 Å². The van der Waals surface area contributed by atoms with Crippen LogP contribution in [0.15, 0.2) is 22.7 Å². The topological polar surface area (TPSA) is 67.4 Å². The molecule has 1 aromatic carbocycles. The Morgan fingerprint density at radius 2 is 1.77 bits per heavy atom. The number of benzene rings is 1. The highest BCUT2D eigenvalue weighted by atomic mass is 79.9. The smallest absolute Gasteiger partial charge is 0.260 e. The summed E-state index contributed by atoms with van der Waals surface area (Å²) in [4.78, 5) is 23.3. The summed E-state index contributed by atoms with van der Waals surface area (Å²) in [5, 5.41) is 6.01. The molecule has 122 valence electrons. The molecular formula is C15H20BrClN2O3. The third kappa shape index (κ3) is 6.23. The molecule has 0 spiro atoms. The van der Waals surface area contributed by atoms with Gasteiger partial charge in [-0.3, -0.25) is 9.59 Å². The minimum Gasteiger partial charge on any atom is -0.480 e. The van der Waals surface area contributed by atoms with Crippen LogP contribution in [0, 0.1) is 5.92 Å². The van der Waals surface area contributed by atoms with Crippen molar-refractivity contribution < 1.29 is 14.3 Å². The van der Waals surface area contributed by atoms with Crippen LogP contribution in [-0.2, 0) is 9.59 Å². The molecule has 7 heteroatoms. The lowest BCUT2D eigenvalue weighted by atomic mass is 10.2. The van der Waals surface area contributed by atoms with E-state index < -0.39 is 6.10 Å². The predicted molar refractivity (Wildman–Crippen MR) is 90.1 cm³/mol. The summed E-state index contributed by atoms with van der Waals surface area (Å²) in [6.45, 7) is 6.03. The molecule has 0 heterocycles. The van der Waals surface area contributed by atoms with Crippen molar-refractivity contribution in [2.24, 2.45) is 5.92 Å². The largest absolute Gasteiger partial charge is 0.480 e. The zero-order valence-corrected chi connectivity index (χ0v) is 15.1. The Kier molecular flexibility index (Phi) is 7.68. The molecule has 2 N–H and O–H groups in total. The van der Waals surface area contributed by atoms with E-state index in [1.807, 2.05) is 13.8 Å². The maximum atomic E-state index is 11.9. The van der Waals surface area contributed by atoms with E-state index >= 15 is 0 Å². The van der Waals surface area contributed by atoms with Crippen LogP contribution in [0.4, 0.5) is 0 Å². The predicted octanol–water partition coefficient (Wildman–Crippen LogP) is 2.76. The van der Waals surface area contributed by atoms with Crippen molar-refractivity contribution in [3.8, 4) is 5.75 Å². The van der Waals surface area contributed by atoms with Crippen LogP contribution in [0.25, 0.3) is 0 Å². The molecule has 2 amide bonds. The van der Waals surface area contributed by atoms with Crippen LogP contribution in [-0.4, -0.2) is 31.0 Å². The maximum absolute atomic E-state index is 11.9. The molecule has 0 saturated carbocycles. The first-order chi connectivity index (χ1) is 10.3. The molecule has 1 rings (SSSR count). The van der Waals surface area contributed by atoms with E-state index in [0.29, 0.717) is 28.3 Å². The molecule has 0 saturated heterocycles. The Morgan fingerprint density at radius 1 is 1.18 bits per heavy atom. The van der Waals surface area contributed by atoms with E-state index in [2.05, 4.69) is 26.6 Å². The molecule has 1 atom stereocenters. The average Bonchev–Trinajstić information content (AvgIpc) is 2.45. The minimum atomic E-state index is -0.654. The van der Waals surface area contributed by atoms with E-state index in [0.717, 1.165) is 0 Å². The molecule has 1 unspecified atom stereocenters. The molecule has 0 aliphatic carbocycles. The van der Waals surface area contributed by atoms with Gasteiger partial charge in [0.1, 0.15) is 5.75 Å². The number of amides is 2. The van der Waals surface area contributed by atoms with Crippen LogP contribution in [0.5, 0.6) is 5.75 Å². The number of rotatable bonds is 7. The molecular weight excluding hydrogens is 372 g/mol. The fourth-order valence-electron chi connectivity index (χ4n) is 1.53. The Morgan fingerprint density at radius 3 is 2.32 bits per heavy atom. The Labute approximate surface area is 143 Å². The SMILES string of the molecule is CC(C)C(=O)NCCNC(=O)C(C)Oc1ccc(Cl)cc1Br. The molecule has 0 aliphatic rings. The second-order valence-electron chi connectivity index (χ2n) is 5.07. The molecule has 0 aliphatic heterocycles. The van der Waals surface area contributed by atoms with E-state index in [1.165, 1.54) is 0 Å². The van der Waals surface area contributed by atoms with Gasteiger partial charge in [0.15, 0.2) is 6.10 Å². The van der Waals surface area contributed by atoms with Crippen LogP contribution < -0.4 is 15.4 Å². The molecule has 0 fully saturated rings. The number of carbonyl (C=O) groups is 2. The lowest BCUT2D eigenvalue weighted by Crippen LogP contribution is -2.41. The van der Waals surface area contributed by atoms with Crippen molar-refractivity contribution in [2.75, 3.05) is 13.1 Å². The normalized spacial score (nSPS) is 11.9. The lowest BCUT2D eigenvalue weighted by molar-refractivity contribution is -0.128. The molecule has 22 heavy (non-hydrogen) atoms. The summed E-state index contributed by atoms with van der Waals surface area (Å²) >= 11 is 9.18. The number of hydrogen-bond acceptors (Lipinski definition) is 3. The zero-order chi connectivity index (χ0) is 16.7. The van der Waals surface area contributed by atoms with Crippen molar-refractivity contribution in [2.45, 2.75) is 26.9 Å². The molecule has 0 radical (unpaired) electrons. The average molecular weight is 392 g/mol. The van der Waals surface area contributed by atoms with E-state index in [4.69, 9.17) is 16.3 Å². The summed E-state index contributed by atoms with van der Waals surface area (Å²) in [6.07, 6.45) is -0.654. The molecule has 1 aromatic rings. The van der Waals surface area contributed by atoms with Gasteiger partial charge >= 0.3 is 0 Å². The Hall–Kier alpha value is -1.27. The number of nitrogens with one attached hydrogen (secondary N) is 2. The Balaban J connectivity index is 2.37. The van der Waals surface area contributed by atoms with Gasteiger partial charge in [0.2, 0.25) is 5.91 Å². The van der Waals surface area contributed by atoms with Gasteiger partial charge in [0, 0.05) is 24.0 Å². The molecule has 0 aromatic heterocycles. The van der Waals surface area contributed by atoms with Gasteiger partial charge < -0.3 is 15.4 Å². The van der Waals surface area contributed by atoms with Gasteiger partial charge in [-0.25, -0.2) is 0 Å².